The molecule has 0 atom stereocenters. The fourth-order valence-electron chi connectivity index (χ4n) is 2.21. The quantitative estimate of drug-likeness (QED) is 0.613. The summed E-state index contributed by atoms with van der Waals surface area (Å²) in [5.74, 6) is 0. The molecule has 0 radical (unpaired) electrons. The second kappa shape index (κ2) is 8.19. The van der Waals surface area contributed by atoms with Gasteiger partial charge >= 0.3 is 0 Å². The van der Waals surface area contributed by atoms with Crippen LogP contribution in [-0.2, 0) is 0 Å². The topological polar surface area (TPSA) is 53.9 Å². The van der Waals surface area contributed by atoms with Gasteiger partial charge in [-0.2, -0.15) is 5.26 Å². The maximum Gasteiger partial charge on any atom is 0.187 e. The average Bonchev–Trinajstić information content (AvgIpc) is 2.72. The van der Waals surface area contributed by atoms with Crippen LogP contribution in [0.4, 0.5) is 5.69 Å². The molecule has 0 aliphatic heterocycles. The number of benzene rings is 2. The summed E-state index contributed by atoms with van der Waals surface area (Å²) in [6, 6.07) is 16.8. The van der Waals surface area contributed by atoms with Crippen molar-refractivity contribution in [2.75, 3.05) is 0 Å². The third-order valence-electron chi connectivity index (χ3n) is 3.65. The van der Waals surface area contributed by atoms with Gasteiger partial charge in [-0.3, -0.25) is 9.97 Å². The molecule has 0 aliphatic rings. The molecule has 4 heteroatoms. The molecule has 0 bridgehead atoms. The van der Waals surface area contributed by atoms with Crippen molar-refractivity contribution >= 4 is 30.0 Å². The molecule has 0 saturated heterocycles. The van der Waals surface area contributed by atoms with Crippen LogP contribution in [0.2, 0.25) is 0 Å². The largest absolute Gasteiger partial charge is 0.253 e. The molecule has 1 aromatic heterocycles. The average molecular weight is 334 g/mol. The molecule has 0 amide bonds. The van der Waals surface area contributed by atoms with Crippen LogP contribution in [0.1, 0.15) is 28.1 Å². The smallest absolute Gasteiger partial charge is 0.187 e. The van der Waals surface area contributed by atoms with E-state index in [1.165, 1.54) is 0 Å². The lowest BCUT2D eigenvalue weighted by Crippen LogP contribution is -1.86. The van der Waals surface area contributed by atoms with Gasteiger partial charge in [0.25, 0.3) is 0 Å². The molecular weight excluding hydrogens is 320 g/mol. The Kier molecular flexibility index (Phi) is 5.30. The van der Waals surface area contributed by atoms with Gasteiger partial charge in [-0.1, -0.05) is 48.6 Å². The molecule has 4 nitrogen and oxygen atoms in total. The standard InChI is InChI=1S/C22H14N4/c1-24-20-10-6-18(7-11-20)9-13-22-16-25-21(15-26-22)12-8-17-2-4-19(14-23)5-3-17/h2-13,15-16H/b12-8+,13-9+. The van der Waals surface area contributed by atoms with Crippen LogP contribution in [0, 0.1) is 17.9 Å². The van der Waals surface area contributed by atoms with Crippen molar-refractivity contribution in [3.63, 3.8) is 0 Å². The summed E-state index contributed by atoms with van der Waals surface area (Å²) in [7, 11) is 0. The van der Waals surface area contributed by atoms with E-state index in [1.54, 1.807) is 36.7 Å². The summed E-state index contributed by atoms with van der Waals surface area (Å²) in [4.78, 5) is 12.1. The minimum absolute atomic E-state index is 0.625. The van der Waals surface area contributed by atoms with E-state index in [0.717, 1.165) is 22.5 Å². The van der Waals surface area contributed by atoms with Crippen molar-refractivity contribution in [1.82, 2.24) is 9.97 Å². The Hall–Kier alpha value is -4.02. The molecule has 0 N–H and O–H groups in total. The number of aromatic nitrogens is 2. The lowest BCUT2D eigenvalue weighted by Gasteiger charge is -1.97. The van der Waals surface area contributed by atoms with Gasteiger partial charge < -0.3 is 0 Å². The molecule has 3 aromatic rings. The van der Waals surface area contributed by atoms with E-state index in [9.17, 15) is 0 Å². The first kappa shape index (κ1) is 16.8. The van der Waals surface area contributed by atoms with E-state index in [4.69, 9.17) is 11.8 Å². The molecule has 3 rings (SSSR count). The first-order valence-corrected chi connectivity index (χ1v) is 7.93. The summed E-state index contributed by atoms with van der Waals surface area (Å²) < 4.78 is 0. The van der Waals surface area contributed by atoms with Crippen molar-refractivity contribution in [3.8, 4) is 6.07 Å². The van der Waals surface area contributed by atoms with Crippen LogP contribution in [-0.4, -0.2) is 9.97 Å². The van der Waals surface area contributed by atoms with Gasteiger partial charge in [-0.15, -0.1) is 0 Å². The molecule has 122 valence electrons. The van der Waals surface area contributed by atoms with E-state index in [1.807, 2.05) is 48.6 Å². The molecule has 0 aliphatic carbocycles. The van der Waals surface area contributed by atoms with Gasteiger partial charge in [-0.25, -0.2) is 4.85 Å². The Labute approximate surface area is 152 Å². The van der Waals surface area contributed by atoms with E-state index < -0.39 is 0 Å². The summed E-state index contributed by atoms with van der Waals surface area (Å²) in [5.41, 5.74) is 4.78. The highest BCUT2D eigenvalue weighted by Crippen LogP contribution is 2.14. The molecule has 0 unspecified atom stereocenters. The summed E-state index contributed by atoms with van der Waals surface area (Å²) >= 11 is 0. The van der Waals surface area contributed by atoms with Crippen molar-refractivity contribution in [2.24, 2.45) is 0 Å². The highest BCUT2D eigenvalue weighted by molar-refractivity contribution is 5.70. The lowest BCUT2D eigenvalue weighted by molar-refractivity contribution is 1.16. The predicted molar refractivity (Wildman–Crippen MR) is 104 cm³/mol. The minimum atomic E-state index is 0.625. The number of hydrogen-bond acceptors (Lipinski definition) is 3. The van der Waals surface area contributed by atoms with Gasteiger partial charge in [0, 0.05) is 0 Å². The van der Waals surface area contributed by atoms with Crippen LogP contribution >= 0.6 is 0 Å². The number of nitriles is 1. The summed E-state index contributed by atoms with van der Waals surface area (Å²) in [6.45, 7) is 6.95. The number of hydrogen-bond donors (Lipinski definition) is 0. The van der Waals surface area contributed by atoms with E-state index in [2.05, 4.69) is 20.9 Å². The van der Waals surface area contributed by atoms with Crippen LogP contribution < -0.4 is 0 Å². The zero-order chi connectivity index (χ0) is 18.2. The Morgan fingerprint density at radius 3 is 1.69 bits per heavy atom. The SMILES string of the molecule is [C-]#[N+]c1ccc(/C=C/c2cnc(/C=C/c3ccc(C#N)cc3)cn2)cc1. The Morgan fingerprint density at radius 1 is 0.769 bits per heavy atom. The molecular formula is C22H14N4. The Bertz CT molecular complexity index is 927. The van der Waals surface area contributed by atoms with E-state index in [-0.39, 0.29) is 0 Å². The second-order valence-corrected chi connectivity index (χ2v) is 5.47. The van der Waals surface area contributed by atoms with Crippen molar-refractivity contribution in [2.45, 2.75) is 0 Å². The van der Waals surface area contributed by atoms with Crippen LogP contribution in [0.25, 0.3) is 29.1 Å². The molecule has 26 heavy (non-hydrogen) atoms. The van der Waals surface area contributed by atoms with Crippen molar-refractivity contribution < 1.29 is 0 Å². The van der Waals surface area contributed by atoms with Gasteiger partial charge in [0.05, 0.1) is 42.0 Å². The normalized spacial score (nSPS) is 10.7. The number of nitrogens with zero attached hydrogens (tertiary/aromatic N) is 4. The van der Waals surface area contributed by atoms with E-state index in [0.29, 0.717) is 11.3 Å². The summed E-state index contributed by atoms with van der Waals surface area (Å²) in [5, 5.41) is 8.80. The van der Waals surface area contributed by atoms with Crippen molar-refractivity contribution in [1.29, 1.82) is 5.26 Å². The van der Waals surface area contributed by atoms with Crippen LogP contribution in [0.3, 0.4) is 0 Å². The Balaban J connectivity index is 1.65. The maximum atomic E-state index is 8.80. The van der Waals surface area contributed by atoms with Crippen LogP contribution in [0.5, 0.6) is 0 Å². The van der Waals surface area contributed by atoms with Crippen LogP contribution in [0.15, 0.2) is 60.9 Å². The van der Waals surface area contributed by atoms with Gasteiger partial charge in [-0.05, 0) is 35.4 Å². The van der Waals surface area contributed by atoms with Gasteiger partial charge in [0.2, 0.25) is 0 Å². The van der Waals surface area contributed by atoms with Gasteiger partial charge in [0.1, 0.15) is 0 Å². The number of rotatable bonds is 4. The molecule has 2 aromatic carbocycles. The fraction of sp³-hybridized carbons (Fsp3) is 0. The third-order valence-corrected chi connectivity index (χ3v) is 3.65. The molecule has 0 saturated carbocycles. The summed E-state index contributed by atoms with van der Waals surface area (Å²) in [6.07, 6.45) is 11.0. The predicted octanol–water partition coefficient (Wildman–Crippen LogP) is 5.24. The molecule has 0 spiro atoms. The molecule has 0 fully saturated rings. The zero-order valence-corrected chi connectivity index (χ0v) is 13.9. The second-order valence-electron chi connectivity index (χ2n) is 5.47. The first-order chi connectivity index (χ1) is 12.8. The monoisotopic (exact) mass is 334 g/mol. The maximum absolute atomic E-state index is 8.80. The van der Waals surface area contributed by atoms with Gasteiger partial charge in [0.15, 0.2) is 5.69 Å². The first-order valence-electron chi connectivity index (χ1n) is 7.93. The Morgan fingerprint density at radius 2 is 1.27 bits per heavy atom. The van der Waals surface area contributed by atoms with Crippen molar-refractivity contribution in [3.05, 3.63) is 100 Å². The highest BCUT2D eigenvalue weighted by atomic mass is 14.8. The fourth-order valence-corrected chi connectivity index (χ4v) is 2.21. The third kappa shape index (κ3) is 4.50. The minimum Gasteiger partial charge on any atom is -0.253 e. The van der Waals surface area contributed by atoms with E-state index >= 15 is 0 Å². The lowest BCUT2D eigenvalue weighted by atomic mass is 10.1. The molecule has 1 heterocycles. The zero-order valence-electron chi connectivity index (χ0n) is 13.9. The highest BCUT2D eigenvalue weighted by Gasteiger charge is 1.94.